The van der Waals surface area contributed by atoms with Crippen molar-refractivity contribution < 1.29 is 4.79 Å². The number of hydrogen-bond acceptors (Lipinski definition) is 1. The van der Waals surface area contributed by atoms with Crippen LogP contribution in [0.1, 0.15) is 108 Å². The van der Waals surface area contributed by atoms with Gasteiger partial charge in [0.1, 0.15) is 0 Å². The first-order valence-electron chi connectivity index (χ1n) is 13.2. The van der Waals surface area contributed by atoms with Gasteiger partial charge in [-0.3, -0.25) is 0 Å². The lowest BCUT2D eigenvalue weighted by molar-refractivity contribution is 0.122. The number of unbranched alkanes of at least 4 members (excludes halogenated alkanes) is 4. The van der Waals surface area contributed by atoms with E-state index in [0.717, 1.165) is 41.6 Å². The molecule has 0 atom stereocenters. The monoisotopic (exact) mass is 426 g/mol. The number of nitrogens with one attached hydrogen (secondary N) is 1. The van der Waals surface area contributed by atoms with E-state index in [-0.39, 0.29) is 6.03 Å². The highest BCUT2D eigenvalue weighted by Gasteiger charge is 2.32. The number of benzene rings is 1. The average molecular weight is 427 g/mol. The van der Waals surface area contributed by atoms with Gasteiger partial charge in [0.2, 0.25) is 0 Å². The molecule has 0 saturated heterocycles. The summed E-state index contributed by atoms with van der Waals surface area (Å²) in [5.74, 6) is 1.87. The summed E-state index contributed by atoms with van der Waals surface area (Å²) in [6.45, 7) is 7.34. The summed E-state index contributed by atoms with van der Waals surface area (Å²) < 4.78 is 0. The normalized spacial score (nSPS) is 22.3. The molecule has 1 aromatic rings. The maximum absolute atomic E-state index is 13.4. The lowest BCUT2D eigenvalue weighted by atomic mass is 9.72. The Morgan fingerprint density at radius 2 is 1.48 bits per heavy atom. The van der Waals surface area contributed by atoms with Gasteiger partial charge in [0.05, 0.1) is 0 Å². The number of rotatable bonds is 9. The van der Waals surface area contributed by atoms with Gasteiger partial charge in [0.25, 0.3) is 0 Å². The van der Waals surface area contributed by atoms with Gasteiger partial charge in [-0.05, 0) is 68.9 Å². The third-order valence-corrected chi connectivity index (χ3v) is 7.98. The van der Waals surface area contributed by atoms with Crippen LogP contribution in [0, 0.1) is 25.7 Å². The summed E-state index contributed by atoms with van der Waals surface area (Å²) in [5, 5.41) is 3.29. The van der Waals surface area contributed by atoms with Crippen LogP contribution >= 0.6 is 0 Å². The number of anilines is 1. The second kappa shape index (κ2) is 12.5. The minimum absolute atomic E-state index is 0.119. The second-order valence-electron chi connectivity index (χ2n) is 10.3. The van der Waals surface area contributed by atoms with Gasteiger partial charge in [0, 0.05) is 18.3 Å². The zero-order chi connectivity index (χ0) is 22.1. The molecule has 0 aromatic heterocycles. The quantitative estimate of drug-likeness (QED) is 0.396. The lowest BCUT2D eigenvalue weighted by Gasteiger charge is -2.40. The van der Waals surface area contributed by atoms with E-state index in [2.05, 4.69) is 49.2 Å². The largest absolute Gasteiger partial charge is 0.322 e. The molecule has 0 heterocycles. The van der Waals surface area contributed by atoms with E-state index >= 15 is 0 Å². The highest BCUT2D eigenvalue weighted by atomic mass is 16.2. The molecular formula is C28H46N2O. The molecule has 2 aliphatic carbocycles. The van der Waals surface area contributed by atoms with Crippen molar-refractivity contribution in [2.24, 2.45) is 11.8 Å². The van der Waals surface area contributed by atoms with Crippen molar-refractivity contribution in [2.45, 2.75) is 117 Å². The Morgan fingerprint density at radius 3 is 2.13 bits per heavy atom. The van der Waals surface area contributed by atoms with Crippen LogP contribution in [0.2, 0.25) is 0 Å². The van der Waals surface area contributed by atoms with Gasteiger partial charge >= 0.3 is 6.03 Å². The predicted octanol–water partition coefficient (Wildman–Crippen LogP) is 8.25. The first kappa shape index (κ1) is 24.1. The zero-order valence-corrected chi connectivity index (χ0v) is 20.4. The molecule has 174 valence electrons. The number of amides is 2. The van der Waals surface area contributed by atoms with E-state index in [0.29, 0.717) is 6.04 Å². The Labute approximate surface area is 191 Å². The molecule has 0 aliphatic heterocycles. The lowest BCUT2D eigenvalue weighted by Crippen LogP contribution is -2.45. The van der Waals surface area contributed by atoms with Crippen molar-refractivity contribution in [1.29, 1.82) is 0 Å². The van der Waals surface area contributed by atoms with Crippen molar-refractivity contribution >= 4 is 11.7 Å². The third kappa shape index (κ3) is 6.99. The molecule has 2 saturated carbocycles. The van der Waals surface area contributed by atoms with Crippen molar-refractivity contribution in [3.8, 4) is 0 Å². The minimum Gasteiger partial charge on any atom is -0.322 e. The van der Waals surface area contributed by atoms with Crippen molar-refractivity contribution in [2.75, 3.05) is 11.9 Å². The molecule has 0 spiro atoms. The van der Waals surface area contributed by atoms with Crippen molar-refractivity contribution in [3.05, 3.63) is 29.3 Å². The van der Waals surface area contributed by atoms with Gasteiger partial charge in [0.15, 0.2) is 0 Å². The standard InChI is InChI=1S/C28H46N2O/c1-4-5-6-7-11-21-30(28(31)29-27-22(2)13-12-14-23(27)3)26-19-17-25(18-20-26)24-15-9-8-10-16-24/h12-14,24-26H,4-11,15-21H2,1-3H3,(H,29,31)/t25-,26+. The molecule has 3 rings (SSSR count). The van der Waals surface area contributed by atoms with Crippen LogP contribution in [0.4, 0.5) is 10.5 Å². The summed E-state index contributed by atoms with van der Waals surface area (Å²) in [6.07, 6.45) is 18.5. The van der Waals surface area contributed by atoms with Crippen LogP contribution in [-0.4, -0.2) is 23.5 Å². The second-order valence-corrected chi connectivity index (χ2v) is 10.3. The van der Waals surface area contributed by atoms with E-state index in [1.54, 1.807) is 0 Å². The Morgan fingerprint density at radius 1 is 0.871 bits per heavy atom. The van der Waals surface area contributed by atoms with Crippen LogP contribution < -0.4 is 5.32 Å². The number of para-hydroxylation sites is 1. The molecule has 3 nitrogen and oxygen atoms in total. The summed E-state index contributed by atoms with van der Waals surface area (Å²) >= 11 is 0. The van der Waals surface area contributed by atoms with Crippen LogP contribution in [0.25, 0.3) is 0 Å². The van der Waals surface area contributed by atoms with Gasteiger partial charge in [-0.15, -0.1) is 0 Å². The summed E-state index contributed by atoms with van der Waals surface area (Å²) in [6, 6.07) is 6.78. The van der Waals surface area contributed by atoms with E-state index in [9.17, 15) is 4.79 Å². The SMILES string of the molecule is CCCCCCCN(C(=O)Nc1c(C)cccc1C)[C@H]1CC[C@@H](C2CCCCC2)CC1. The van der Waals surface area contributed by atoms with Crippen molar-refractivity contribution in [1.82, 2.24) is 4.90 Å². The fraction of sp³-hybridized carbons (Fsp3) is 0.750. The minimum atomic E-state index is 0.119. The molecule has 2 fully saturated rings. The number of carbonyl (C=O) groups excluding carboxylic acids is 1. The highest BCUT2D eigenvalue weighted by molar-refractivity contribution is 5.91. The maximum Gasteiger partial charge on any atom is 0.322 e. The third-order valence-electron chi connectivity index (χ3n) is 7.98. The predicted molar refractivity (Wildman–Crippen MR) is 133 cm³/mol. The van der Waals surface area contributed by atoms with Crippen LogP contribution in [-0.2, 0) is 0 Å². The van der Waals surface area contributed by atoms with Gasteiger partial charge in [-0.2, -0.15) is 0 Å². The van der Waals surface area contributed by atoms with Crippen LogP contribution in [0.3, 0.4) is 0 Å². The van der Waals surface area contributed by atoms with E-state index < -0.39 is 0 Å². The molecule has 0 unspecified atom stereocenters. The molecular weight excluding hydrogens is 380 g/mol. The van der Waals surface area contributed by atoms with Crippen LogP contribution in [0.15, 0.2) is 18.2 Å². The Bertz CT molecular complexity index is 651. The number of nitrogens with zero attached hydrogens (tertiary/aromatic N) is 1. The number of aryl methyl sites for hydroxylation is 2. The Balaban J connectivity index is 1.61. The van der Waals surface area contributed by atoms with Gasteiger partial charge in [-0.1, -0.05) is 82.9 Å². The van der Waals surface area contributed by atoms with Crippen LogP contribution in [0.5, 0.6) is 0 Å². The molecule has 0 radical (unpaired) electrons. The molecule has 2 amide bonds. The summed E-state index contributed by atoms with van der Waals surface area (Å²) in [5.41, 5.74) is 3.30. The Hall–Kier alpha value is -1.51. The average Bonchev–Trinajstić information content (AvgIpc) is 2.79. The van der Waals surface area contributed by atoms with Crippen molar-refractivity contribution in [3.63, 3.8) is 0 Å². The Kier molecular flexibility index (Phi) is 9.74. The highest BCUT2D eigenvalue weighted by Crippen LogP contribution is 2.39. The van der Waals surface area contributed by atoms with E-state index in [1.165, 1.54) is 83.5 Å². The molecule has 1 aromatic carbocycles. The molecule has 1 N–H and O–H groups in total. The van der Waals surface area contributed by atoms with E-state index in [4.69, 9.17) is 0 Å². The first-order chi connectivity index (χ1) is 15.1. The number of urea groups is 1. The maximum atomic E-state index is 13.4. The van der Waals surface area contributed by atoms with Gasteiger partial charge < -0.3 is 10.2 Å². The smallest absolute Gasteiger partial charge is 0.322 e. The fourth-order valence-corrected chi connectivity index (χ4v) is 6.02. The molecule has 2 aliphatic rings. The van der Waals surface area contributed by atoms with E-state index in [1.807, 2.05) is 0 Å². The molecule has 31 heavy (non-hydrogen) atoms. The summed E-state index contributed by atoms with van der Waals surface area (Å²) in [7, 11) is 0. The molecule has 3 heteroatoms. The zero-order valence-electron chi connectivity index (χ0n) is 20.4. The number of hydrogen-bond donors (Lipinski definition) is 1. The topological polar surface area (TPSA) is 32.3 Å². The summed E-state index contributed by atoms with van der Waals surface area (Å²) in [4.78, 5) is 15.6. The molecule has 0 bridgehead atoms. The van der Waals surface area contributed by atoms with Gasteiger partial charge in [-0.25, -0.2) is 4.79 Å². The number of carbonyl (C=O) groups is 1. The fourth-order valence-electron chi connectivity index (χ4n) is 6.02. The first-order valence-corrected chi connectivity index (χ1v) is 13.2.